The minimum atomic E-state index is -3.50. The third-order valence-electron chi connectivity index (χ3n) is 3.10. The van der Waals surface area contributed by atoms with Gasteiger partial charge in [-0.25, -0.2) is 4.72 Å². The molecule has 0 aromatic heterocycles. The summed E-state index contributed by atoms with van der Waals surface area (Å²) in [4.78, 5) is 11.2. The van der Waals surface area contributed by atoms with E-state index in [2.05, 4.69) is 4.72 Å². The van der Waals surface area contributed by atoms with E-state index in [0.717, 1.165) is 6.42 Å². The standard InChI is InChI=1S/C9H18N2O4S/c1-3-4-9(8(12)13)5-6-11(7-9)16(14,15)10-2/h10H,3-7H2,1-2H3,(H,12,13). The molecule has 94 valence electrons. The highest BCUT2D eigenvalue weighted by Gasteiger charge is 2.47. The van der Waals surface area contributed by atoms with Crippen LogP contribution in [0.5, 0.6) is 0 Å². The van der Waals surface area contributed by atoms with Crippen molar-refractivity contribution < 1.29 is 18.3 Å². The molecule has 6 nitrogen and oxygen atoms in total. The Morgan fingerprint density at radius 3 is 2.62 bits per heavy atom. The zero-order valence-corrected chi connectivity index (χ0v) is 10.4. The van der Waals surface area contributed by atoms with Crippen LogP contribution >= 0.6 is 0 Å². The van der Waals surface area contributed by atoms with Crippen molar-refractivity contribution in [3.8, 4) is 0 Å². The zero-order chi connectivity index (χ0) is 12.4. The molecule has 0 aliphatic carbocycles. The van der Waals surface area contributed by atoms with E-state index >= 15 is 0 Å². The van der Waals surface area contributed by atoms with Crippen molar-refractivity contribution in [1.82, 2.24) is 9.03 Å². The van der Waals surface area contributed by atoms with Crippen LogP contribution in [-0.4, -0.2) is 43.9 Å². The van der Waals surface area contributed by atoms with Gasteiger partial charge >= 0.3 is 5.97 Å². The summed E-state index contributed by atoms with van der Waals surface area (Å²) in [5.74, 6) is -0.900. The molecule has 1 aliphatic rings. The van der Waals surface area contributed by atoms with Crippen LogP contribution < -0.4 is 4.72 Å². The molecular formula is C9H18N2O4S. The summed E-state index contributed by atoms with van der Waals surface area (Å²) in [5, 5.41) is 9.21. The van der Waals surface area contributed by atoms with E-state index < -0.39 is 21.6 Å². The normalized spacial score (nSPS) is 27.1. The van der Waals surface area contributed by atoms with E-state index in [1.807, 2.05) is 6.92 Å². The molecule has 1 fully saturated rings. The highest BCUT2D eigenvalue weighted by molar-refractivity contribution is 7.87. The van der Waals surface area contributed by atoms with Gasteiger partial charge in [-0.05, 0) is 12.8 Å². The van der Waals surface area contributed by atoms with Crippen LogP contribution in [0.2, 0.25) is 0 Å². The third kappa shape index (κ3) is 2.36. The van der Waals surface area contributed by atoms with Gasteiger partial charge in [0.25, 0.3) is 10.2 Å². The van der Waals surface area contributed by atoms with Crippen LogP contribution in [0.3, 0.4) is 0 Å². The molecule has 0 aromatic rings. The monoisotopic (exact) mass is 250 g/mol. The largest absolute Gasteiger partial charge is 0.481 e. The molecular weight excluding hydrogens is 232 g/mol. The lowest BCUT2D eigenvalue weighted by atomic mass is 9.83. The summed E-state index contributed by atoms with van der Waals surface area (Å²) in [6.07, 6.45) is 1.63. The molecule has 16 heavy (non-hydrogen) atoms. The van der Waals surface area contributed by atoms with Crippen LogP contribution in [0, 0.1) is 5.41 Å². The molecule has 0 amide bonds. The summed E-state index contributed by atoms with van der Waals surface area (Å²) in [7, 11) is -2.17. The molecule has 1 atom stereocenters. The fourth-order valence-electron chi connectivity index (χ4n) is 2.13. The van der Waals surface area contributed by atoms with Crippen molar-refractivity contribution in [2.24, 2.45) is 5.41 Å². The Kier molecular flexibility index (Phi) is 3.92. The molecule has 2 N–H and O–H groups in total. The number of nitrogens with zero attached hydrogens (tertiary/aromatic N) is 1. The number of carbonyl (C=O) groups is 1. The first-order valence-electron chi connectivity index (χ1n) is 5.30. The van der Waals surface area contributed by atoms with Gasteiger partial charge in [0.1, 0.15) is 0 Å². The van der Waals surface area contributed by atoms with Crippen LogP contribution in [0.25, 0.3) is 0 Å². The van der Waals surface area contributed by atoms with Gasteiger partial charge in [0.15, 0.2) is 0 Å². The van der Waals surface area contributed by atoms with Gasteiger partial charge in [0, 0.05) is 20.1 Å². The lowest BCUT2D eigenvalue weighted by Crippen LogP contribution is -2.41. The fraction of sp³-hybridized carbons (Fsp3) is 0.889. The van der Waals surface area contributed by atoms with Crippen LogP contribution in [0.15, 0.2) is 0 Å². The molecule has 1 saturated heterocycles. The maximum atomic E-state index is 11.5. The highest BCUT2D eigenvalue weighted by atomic mass is 32.2. The lowest BCUT2D eigenvalue weighted by Gasteiger charge is -2.23. The van der Waals surface area contributed by atoms with Crippen molar-refractivity contribution >= 4 is 16.2 Å². The Morgan fingerprint density at radius 1 is 1.56 bits per heavy atom. The van der Waals surface area contributed by atoms with Gasteiger partial charge in [-0.2, -0.15) is 12.7 Å². The van der Waals surface area contributed by atoms with Gasteiger partial charge < -0.3 is 5.11 Å². The number of hydrogen-bond acceptors (Lipinski definition) is 3. The number of nitrogens with one attached hydrogen (secondary N) is 1. The van der Waals surface area contributed by atoms with Crippen molar-refractivity contribution in [2.75, 3.05) is 20.1 Å². The predicted octanol–water partition coefficient (Wildman–Crippen LogP) is 0.0274. The van der Waals surface area contributed by atoms with E-state index in [4.69, 9.17) is 0 Å². The minimum absolute atomic E-state index is 0.0688. The quantitative estimate of drug-likeness (QED) is 0.720. The molecule has 0 radical (unpaired) electrons. The second kappa shape index (κ2) is 4.68. The van der Waals surface area contributed by atoms with Gasteiger partial charge in [-0.15, -0.1) is 0 Å². The SMILES string of the molecule is CCCC1(C(=O)O)CCN(S(=O)(=O)NC)C1. The van der Waals surface area contributed by atoms with Crippen LogP contribution in [0.4, 0.5) is 0 Å². The molecule has 1 heterocycles. The minimum Gasteiger partial charge on any atom is -0.481 e. The van der Waals surface area contributed by atoms with Crippen LogP contribution in [0.1, 0.15) is 26.2 Å². The Morgan fingerprint density at radius 2 is 2.19 bits per heavy atom. The Balaban J connectivity index is 2.87. The number of hydrogen-bond donors (Lipinski definition) is 2. The van der Waals surface area contributed by atoms with Crippen LogP contribution in [-0.2, 0) is 15.0 Å². The van der Waals surface area contributed by atoms with E-state index in [1.54, 1.807) is 0 Å². The number of carboxylic acid groups (broad SMARTS) is 1. The summed E-state index contributed by atoms with van der Waals surface area (Å²) >= 11 is 0. The third-order valence-corrected chi connectivity index (χ3v) is 4.61. The maximum absolute atomic E-state index is 11.5. The smallest absolute Gasteiger partial charge is 0.311 e. The molecule has 1 unspecified atom stereocenters. The number of carboxylic acids is 1. The molecule has 1 aliphatic heterocycles. The second-order valence-electron chi connectivity index (χ2n) is 4.13. The summed E-state index contributed by atoms with van der Waals surface area (Å²) in [6.45, 7) is 2.24. The molecule has 0 bridgehead atoms. The topological polar surface area (TPSA) is 86.7 Å². The first kappa shape index (κ1) is 13.4. The molecule has 0 spiro atoms. The van der Waals surface area contributed by atoms with E-state index in [0.29, 0.717) is 12.8 Å². The van der Waals surface area contributed by atoms with Crippen molar-refractivity contribution in [1.29, 1.82) is 0 Å². The Bertz CT molecular complexity index is 368. The first-order chi connectivity index (χ1) is 7.38. The van der Waals surface area contributed by atoms with Gasteiger partial charge in [-0.3, -0.25) is 4.79 Å². The average molecular weight is 250 g/mol. The predicted molar refractivity (Wildman–Crippen MR) is 59.1 cm³/mol. The second-order valence-corrected chi connectivity index (χ2v) is 6.00. The lowest BCUT2D eigenvalue weighted by molar-refractivity contribution is -0.148. The fourth-order valence-corrected chi connectivity index (χ4v) is 3.14. The van der Waals surface area contributed by atoms with Crippen molar-refractivity contribution in [2.45, 2.75) is 26.2 Å². The molecule has 0 aromatic carbocycles. The Labute approximate surface area is 95.8 Å². The highest BCUT2D eigenvalue weighted by Crippen LogP contribution is 2.36. The molecule has 0 saturated carbocycles. The van der Waals surface area contributed by atoms with E-state index in [9.17, 15) is 18.3 Å². The zero-order valence-electron chi connectivity index (χ0n) is 9.56. The summed E-state index contributed by atoms with van der Waals surface area (Å²) in [5.41, 5.74) is -0.904. The molecule has 7 heteroatoms. The Hall–Kier alpha value is -0.660. The number of rotatable bonds is 5. The van der Waals surface area contributed by atoms with Crippen molar-refractivity contribution in [3.05, 3.63) is 0 Å². The van der Waals surface area contributed by atoms with Gasteiger partial charge in [-0.1, -0.05) is 13.3 Å². The van der Waals surface area contributed by atoms with E-state index in [-0.39, 0.29) is 13.1 Å². The average Bonchev–Trinajstić information content (AvgIpc) is 2.65. The number of aliphatic carboxylic acids is 1. The summed E-state index contributed by atoms with van der Waals surface area (Å²) in [6, 6.07) is 0. The van der Waals surface area contributed by atoms with E-state index in [1.165, 1.54) is 11.4 Å². The first-order valence-corrected chi connectivity index (χ1v) is 6.74. The van der Waals surface area contributed by atoms with Crippen molar-refractivity contribution in [3.63, 3.8) is 0 Å². The maximum Gasteiger partial charge on any atom is 0.311 e. The van der Waals surface area contributed by atoms with Gasteiger partial charge in [0.2, 0.25) is 0 Å². The molecule has 1 rings (SSSR count). The summed E-state index contributed by atoms with van der Waals surface area (Å²) < 4.78 is 26.5. The van der Waals surface area contributed by atoms with Gasteiger partial charge in [0.05, 0.1) is 5.41 Å².